The minimum absolute atomic E-state index is 0.0708. The van der Waals surface area contributed by atoms with E-state index in [0.717, 1.165) is 11.1 Å². The summed E-state index contributed by atoms with van der Waals surface area (Å²) < 4.78 is 39.4. The molecule has 4 aromatic rings. The summed E-state index contributed by atoms with van der Waals surface area (Å²) >= 11 is 0. The van der Waals surface area contributed by atoms with Gasteiger partial charge in [0.25, 0.3) is 10.0 Å². The van der Waals surface area contributed by atoms with Gasteiger partial charge < -0.3 is 9.26 Å². The number of hydrogen-bond donors (Lipinski definition) is 1. The maximum absolute atomic E-state index is 13.1. The first-order chi connectivity index (χ1) is 15.0. The Labute approximate surface area is 180 Å². The van der Waals surface area contributed by atoms with Gasteiger partial charge in [0.1, 0.15) is 10.6 Å². The Kier molecular flexibility index (Phi) is 5.68. The van der Waals surface area contributed by atoms with Crippen LogP contribution in [0.1, 0.15) is 17.0 Å². The van der Waals surface area contributed by atoms with Crippen molar-refractivity contribution in [2.75, 3.05) is 11.8 Å². The van der Waals surface area contributed by atoms with E-state index in [2.05, 4.69) is 19.8 Å². The van der Waals surface area contributed by atoms with Gasteiger partial charge in [0.05, 0.1) is 19.2 Å². The minimum atomic E-state index is -3.88. The molecule has 0 atom stereocenters. The summed E-state index contributed by atoms with van der Waals surface area (Å²) in [6.07, 6.45) is 3.57. The fourth-order valence-electron chi connectivity index (χ4n) is 3.07. The van der Waals surface area contributed by atoms with E-state index in [4.69, 9.17) is 9.26 Å². The molecule has 0 bridgehead atoms. The van der Waals surface area contributed by atoms with Crippen LogP contribution in [0, 0.1) is 6.92 Å². The number of nitrogens with zero attached hydrogens (tertiary/aromatic N) is 3. The van der Waals surface area contributed by atoms with Crippen LogP contribution in [0.4, 0.5) is 5.69 Å². The largest absolute Gasteiger partial charge is 0.495 e. The molecule has 0 saturated carbocycles. The number of methoxy groups -OCH3 is 1. The molecule has 4 rings (SSSR count). The Balaban J connectivity index is 1.61. The van der Waals surface area contributed by atoms with E-state index in [1.54, 1.807) is 54.9 Å². The van der Waals surface area contributed by atoms with Crippen molar-refractivity contribution in [3.05, 3.63) is 84.0 Å². The monoisotopic (exact) mass is 436 g/mol. The number of sulfonamides is 1. The highest BCUT2D eigenvalue weighted by atomic mass is 32.2. The molecule has 2 aromatic heterocycles. The molecule has 9 heteroatoms. The molecule has 0 aliphatic heterocycles. The van der Waals surface area contributed by atoms with Gasteiger partial charge in [-0.15, -0.1) is 0 Å². The summed E-state index contributed by atoms with van der Waals surface area (Å²) in [5.41, 5.74) is 2.66. The molecule has 8 nitrogen and oxygen atoms in total. The van der Waals surface area contributed by atoms with E-state index in [1.807, 2.05) is 19.1 Å². The van der Waals surface area contributed by atoms with Crippen LogP contribution in [-0.4, -0.2) is 30.7 Å². The molecule has 2 aromatic carbocycles. The second-order valence-corrected chi connectivity index (χ2v) is 8.50. The molecule has 0 aliphatic carbocycles. The quantitative estimate of drug-likeness (QED) is 0.469. The predicted octanol–water partition coefficient (Wildman–Crippen LogP) is 3.84. The number of benzene rings is 2. The van der Waals surface area contributed by atoms with Crippen molar-refractivity contribution in [2.45, 2.75) is 18.2 Å². The van der Waals surface area contributed by atoms with Crippen molar-refractivity contribution in [2.24, 2.45) is 0 Å². The number of aryl methyl sites for hydroxylation is 1. The molecule has 0 aliphatic rings. The van der Waals surface area contributed by atoms with Crippen molar-refractivity contribution in [3.8, 4) is 17.1 Å². The highest BCUT2D eigenvalue weighted by Gasteiger charge is 2.21. The van der Waals surface area contributed by atoms with Crippen LogP contribution in [0.25, 0.3) is 11.4 Å². The first-order valence-electron chi connectivity index (χ1n) is 9.44. The fourth-order valence-corrected chi connectivity index (χ4v) is 4.43. The lowest BCUT2D eigenvalue weighted by Gasteiger charge is -2.14. The lowest BCUT2D eigenvalue weighted by Crippen LogP contribution is -2.15. The fraction of sp³-hybridized carbons (Fsp3) is 0.136. The molecule has 158 valence electrons. The average Bonchev–Trinajstić information content (AvgIpc) is 3.24. The van der Waals surface area contributed by atoms with Crippen molar-refractivity contribution >= 4 is 15.7 Å². The van der Waals surface area contributed by atoms with Gasteiger partial charge in [-0.3, -0.25) is 9.71 Å². The van der Waals surface area contributed by atoms with Gasteiger partial charge in [-0.25, -0.2) is 8.42 Å². The van der Waals surface area contributed by atoms with Crippen LogP contribution in [-0.2, 0) is 16.4 Å². The number of para-hydroxylation sites is 1. The van der Waals surface area contributed by atoms with Gasteiger partial charge in [-0.1, -0.05) is 29.4 Å². The topological polar surface area (TPSA) is 107 Å². The number of ether oxygens (including phenoxy) is 1. The maximum atomic E-state index is 13.1. The first-order valence-corrected chi connectivity index (χ1v) is 10.9. The van der Waals surface area contributed by atoms with Gasteiger partial charge in [-0.2, -0.15) is 4.98 Å². The van der Waals surface area contributed by atoms with Gasteiger partial charge in [-0.05, 0) is 48.4 Å². The Morgan fingerprint density at radius 1 is 1.10 bits per heavy atom. The van der Waals surface area contributed by atoms with E-state index in [0.29, 0.717) is 23.0 Å². The SMILES string of the molecule is COc1ccc(C)cc1S(=O)(=O)Nc1ccccc1Cc1nc(-c2cccnc2)no1. The number of rotatable bonds is 7. The molecule has 0 unspecified atom stereocenters. The standard InChI is InChI=1S/C22H20N4O4S/c1-15-9-10-19(29-2)20(12-15)31(27,28)26-18-8-4-3-6-16(18)13-21-24-22(25-30-21)17-7-5-11-23-14-17/h3-12,14,26H,13H2,1-2H3. The molecular formula is C22H20N4O4S. The van der Waals surface area contributed by atoms with E-state index in [9.17, 15) is 8.42 Å². The van der Waals surface area contributed by atoms with Gasteiger partial charge in [0, 0.05) is 18.0 Å². The van der Waals surface area contributed by atoms with Crippen LogP contribution in [0.2, 0.25) is 0 Å². The smallest absolute Gasteiger partial charge is 0.265 e. The zero-order chi connectivity index (χ0) is 21.8. The molecule has 31 heavy (non-hydrogen) atoms. The molecule has 0 amide bonds. The van der Waals surface area contributed by atoms with E-state index >= 15 is 0 Å². The molecule has 0 fully saturated rings. The van der Waals surface area contributed by atoms with Gasteiger partial charge >= 0.3 is 0 Å². The second kappa shape index (κ2) is 8.57. The van der Waals surface area contributed by atoms with E-state index < -0.39 is 10.0 Å². The summed E-state index contributed by atoms with van der Waals surface area (Å²) in [7, 11) is -2.44. The molecule has 0 spiro atoms. The minimum Gasteiger partial charge on any atom is -0.495 e. The maximum Gasteiger partial charge on any atom is 0.265 e. The molecule has 1 N–H and O–H groups in total. The highest BCUT2D eigenvalue weighted by Crippen LogP contribution is 2.28. The van der Waals surface area contributed by atoms with Crippen LogP contribution in [0.5, 0.6) is 5.75 Å². The number of anilines is 1. The lowest BCUT2D eigenvalue weighted by atomic mass is 10.1. The first kappa shape index (κ1) is 20.5. The van der Waals surface area contributed by atoms with Crippen LogP contribution >= 0.6 is 0 Å². The zero-order valence-corrected chi connectivity index (χ0v) is 17.8. The van der Waals surface area contributed by atoms with Crippen LogP contribution < -0.4 is 9.46 Å². The van der Waals surface area contributed by atoms with Crippen LogP contribution in [0.15, 0.2) is 76.4 Å². The number of hydrogen-bond acceptors (Lipinski definition) is 7. The average molecular weight is 436 g/mol. The Morgan fingerprint density at radius 3 is 2.71 bits per heavy atom. The summed E-state index contributed by atoms with van der Waals surface area (Å²) in [6.45, 7) is 1.82. The summed E-state index contributed by atoms with van der Waals surface area (Å²) in [5.74, 6) is 1.05. The third-order valence-corrected chi connectivity index (χ3v) is 5.99. The third kappa shape index (κ3) is 4.56. The Morgan fingerprint density at radius 2 is 1.94 bits per heavy atom. The lowest BCUT2D eigenvalue weighted by molar-refractivity contribution is 0.386. The number of pyridine rings is 1. The molecular weight excluding hydrogens is 416 g/mol. The molecule has 0 saturated heterocycles. The molecule has 0 radical (unpaired) electrons. The molecule has 2 heterocycles. The van der Waals surface area contributed by atoms with E-state index in [-0.39, 0.29) is 17.1 Å². The van der Waals surface area contributed by atoms with E-state index in [1.165, 1.54) is 7.11 Å². The third-order valence-electron chi connectivity index (χ3n) is 4.60. The van der Waals surface area contributed by atoms with Crippen molar-refractivity contribution in [1.82, 2.24) is 15.1 Å². The van der Waals surface area contributed by atoms with Gasteiger partial charge in [0.15, 0.2) is 0 Å². The van der Waals surface area contributed by atoms with Crippen molar-refractivity contribution in [1.29, 1.82) is 0 Å². The van der Waals surface area contributed by atoms with Crippen LogP contribution in [0.3, 0.4) is 0 Å². The second-order valence-electron chi connectivity index (χ2n) is 6.85. The Bertz CT molecular complexity index is 1300. The number of aromatic nitrogens is 3. The van der Waals surface area contributed by atoms with Crippen molar-refractivity contribution < 1.29 is 17.7 Å². The summed E-state index contributed by atoms with van der Waals surface area (Å²) in [5, 5.41) is 3.99. The summed E-state index contributed by atoms with van der Waals surface area (Å²) in [4.78, 5) is 8.52. The Hall–Kier alpha value is -3.72. The highest BCUT2D eigenvalue weighted by molar-refractivity contribution is 7.92. The van der Waals surface area contributed by atoms with Gasteiger partial charge in [0.2, 0.25) is 11.7 Å². The predicted molar refractivity (Wildman–Crippen MR) is 115 cm³/mol. The summed E-state index contributed by atoms with van der Waals surface area (Å²) in [6, 6.07) is 15.7. The number of nitrogens with one attached hydrogen (secondary N) is 1. The zero-order valence-electron chi connectivity index (χ0n) is 16.9. The van der Waals surface area contributed by atoms with Crippen molar-refractivity contribution in [3.63, 3.8) is 0 Å². The normalized spacial score (nSPS) is 11.3.